The molecule has 0 aliphatic carbocycles. The summed E-state index contributed by atoms with van der Waals surface area (Å²) in [7, 11) is -7.65. The van der Waals surface area contributed by atoms with Crippen LogP contribution in [0.15, 0.2) is 95.0 Å². The fourth-order valence-corrected chi connectivity index (χ4v) is 5.23. The number of pyridine rings is 2. The lowest BCUT2D eigenvalue weighted by atomic mass is 10.3. The molecule has 2 aromatic heterocycles. The number of aryl methyl sites for hydroxylation is 2. The van der Waals surface area contributed by atoms with E-state index in [9.17, 15) is 16.8 Å². The van der Waals surface area contributed by atoms with Gasteiger partial charge < -0.3 is 4.74 Å². The Labute approximate surface area is 204 Å². The van der Waals surface area contributed by atoms with Gasteiger partial charge in [0.2, 0.25) is 0 Å². The maximum atomic E-state index is 12.6. The van der Waals surface area contributed by atoms with E-state index in [1.54, 1.807) is 38.1 Å². The van der Waals surface area contributed by atoms with Gasteiger partial charge in [-0.15, -0.1) is 0 Å². The van der Waals surface area contributed by atoms with Gasteiger partial charge >= 0.3 is 0 Å². The maximum Gasteiger partial charge on any atom is 0.263 e. The molecule has 9 nitrogen and oxygen atoms in total. The van der Waals surface area contributed by atoms with Crippen molar-refractivity contribution in [1.29, 1.82) is 0 Å². The Morgan fingerprint density at radius 2 is 0.971 bits per heavy atom. The number of nitrogens with zero attached hydrogens (tertiary/aromatic N) is 2. The highest BCUT2D eigenvalue weighted by Gasteiger charge is 2.17. The number of aromatic nitrogens is 2. The molecule has 11 heteroatoms. The van der Waals surface area contributed by atoms with Gasteiger partial charge in [-0.1, -0.05) is 12.1 Å². The molecule has 0 saturated carbocycles. The first-order chi connectivity index (χ1) is 16.6. The minimum absolute atomic E-state index is 0.0484. The Kier molecular flexibility index (Phi) is 6.72. The zero-order valence-electron chi connectivity index (χ0n) is 18.8. The van der Waals surface area contributed by atoms with Gasteiger partial charge in [0.15, 0.2) is 0 Å². The second-order valence-corrected chi connectivity index (χ2v) is 11.0. The van der Waals surface area contributed by atoms with E-state index in [-0.39, 0.29) is 21.4 Å². The van der Waals surface area contributed by atoms with Crippen molar-refractivity contribution in [3.05, 3.63) is 96.3 Å². The summed E-state index contributed by atoms with van der Waals surface area (Å²) < 4.78 is 61.3. The summed E-state index contributed by atoms with van der Waals surface area (Å²) in [4.78, 5) is 8.19. The predicted molar refractivity (Wildman–Crippen MR) is 133 cm³/mol. The number of hydrogen-bond acceptors (Lipinski definition) is 7. The number of nitrogens with one attached hydrogen (secondary N) is 2. The van der Waals surface area contributed by atoms with Crippen molar-refractivity contribution in [2.75, 3.05) is 9.44 Å². The first-order valence-corrected chi connectivity index (χ1v) is 13.4. The van der Waals surface area contributed by atoms with E-state index in [0.717, 1.165) is 0 Å². The summed E-state index contributed by atoms with van der Waals surface area (Å²) >= 11 is 0. The summed E-state index contributed by atoms with van der Waals surface area (Å²) in [6.45, 7) is 3.52. The van der Waals surface area contributed by atoms with Crippen molar-refractivity contribution >= 4 is 31.7 Å². The second-order valence-electron chi connectivity index (χ2n) is 7.59. The number of anilines is 2. The molecule has 2 N–H and O–H groups in total. The largest absolute Gasteiger partial charge is 0.457 e. The average Bonchev–Trinajstić information content (AvgIpc) is 2.83. The zero-order chi connectivity index (χ0) is 25.1. The molecule has 0 aliphatic heterocycles. The molecule has 2 aromatic carbocycles. The highest BCUT2D eigenvalue weighted by atomic mass is 32.2. The molecule has 180 valence electrons. The van der Waals surface area contributed by atoms with Crippen LogP contribution in [-0.4, -0.2) is 26.8 Å². The van der Waals surface area contributed by atoms with Crippen molar-refractivity contribution in [3.63, 3.8) is 0 Å². The minimum atomic E-state index is -3.82. The van der Waals surface area contributed by atoms with Gasteiger partial charge in [-0.05, 0) is 85.6 Å². The van der Waals surface area contributed by atoms with E-state index < -0.39 is 20.0 Å². The molecule has 2 heterocycles. The fourth-order valence-electron chi connectivity index (χ4n) is 3.07. The highest BCUT2D eigenvalue weighted by Crippen LogP contribution is 2.26. The molecule has 0 amide bonds. The van der Waals surface area contributed by atoms with Crippen molar-refractivity contribution in [1.82, 2.24) is 9.97 Å². The van der Waals surface area contributed by atoms with Crippen LogP contribution in [0.25, 0.3) is 0 Å². The molecule has 35 heavy (non-hydrogen) atoms. The van der Waals surface area contributed by atoms with Crippen molar-refractivity contribution < 1.29 is 21.6 Å². The van der Waals surface area contributed by atoms with Crippen LogP contribution in [-0.2, 0) is 20.0 Å². The lowest BCUT2D eigenvalue weighted by molar-refractivity contribution is 0.481. The third-order valence-corrected chi connectivity index (χ3v) is 7.69. The van der Waals surface area contributed by atoms with Gasteiger partial charge in [-0.2, -0.15) is 0 Å². The van der Waals surface area contributed by atoms with Gasteiger partial charge in [-0.3, -0.25) is 9.44 Å². The molecular formula is C24H22N4O5S2. The molecule has 0 spiro atoms. The smallest absolute Gasteiger partial charge is 0.263 e. The molecule has 0 aliphatic rings. The van der Waals surface area contributed by atoms with Crippen LogP contribution in [0, 0.1) is 13.8 Å². The normalized spacial score (nSPS) is 11.6. The fraction of sp³-hybridized carbons (Fsp3) is 0.0833. The second kappa shape index (κ2) is 9.72. The molecule has 0 bridgehead atoms. The number of sulfonamides is 2. The van der Waals surface area contributed by atoms with Gasteiger partial charge in [0.25, 0.3) is 20.0 Å². The number of rotatable bonds is 8. The van der Waals surface area contributed by atoms with Gasteiger partial charge in [-0.25, -0.2) is 26.8 Å². The van der Waals surface area contributed by atoms with Crippen molar-refractivity contribution in [2.45, 2.75) is 23.6 Å². The summed E-state index contributed by atoms with van der Waals surface area (Å²) in [6, 6.07) is 18.6. The molecular weight excluding hydrogens is 488 g/mol. The first-order valence-electron chi connectivity index (χ1n) is 10.4. The SMILES string of the molecule is Cc1cccnc1NS(=O)(=O)c1ccc(Oc2ccc(S(=O)(=O)Nc3ncccc3C)cc2)cc1. The van der Waals surface area contributed by atoms with Crippen molar-refractivity contribution in [2.24, 2.45) is 0 Å². The summed E-state index contributed by atoms with van der Waals surface area (Å²) in [6.07, 6.45) is 3.02. The number of ether oxygens (including phenoxy) is 1. The highest BCUT2D eigenvalue weighted by molar-refractivity contribution is 7.93. The van der Waals surface area contributed by atoms with E-state index in [2.05, 4.69) is 19.4 Å². The Morgan fingerprint density at radius 3 is 1.31 bits per heavy atom. The van der Waals surface area contributed by atoms with E-state index in [4.69, 9.17) is 4.74 Å². The zero-order valence-corrected chi connectivity index (χ0v) is 20.5. The molecule has 0 radical (unpaired) electrons. The van der Waals surface area contributed by atoms with Crippen LogP contribution in [0.3, 0.4) is 0 Å². The molecule has 0 atom stereocenters. The summed E-state index contributed by atoms with van der Waals surface area (Å²) in [5.41, 5.74) is 1.40. The quantitative estimate of drug-likeness (QED) is 0.358. The first kappa shape index (κ1) is 24.2. The Bertz CT molecular complexity index is 1440. The third-order valence-electron chi connectivity index (χ3n) is 4.98. The van der Waals surface area contributed by atoms with Crippen LogP contribution in [0.2, 0.25) is 0 Å². The Hall–Kier alpha value is -3.96. The van der Waals surface area contributed by atoms with Gasteiger partial charge in [0.05, 0.1) is 9.79 Å². The number of hydrogen-bond donors (Lipinski definition) is 2. The average molecular weight is 511 g/mol. The molecule has 0 unspecified atom stereocenters. The van der Waals surface area contributed by atoms with Crippen LogP contribution >= 0.6 is 0 Å². The molecule has 0 saturated heterocycles. The van der Waals surface area contributed by atoms with E-state index in [1.165, 1.54) is 60.9 Å². The van der Waals surface area contributed by atoms with Crippen LogP contribution in [0.1, 0.15) is 11.1 Å². The van der Waals surface area contributed by atoms with Gasteiger partial charge in [0, 0.05) is 12.4 Å². The summed E-state index contributed by atoms with van der Waals surface area (Å²) in [5.74, 6) is 1.29. The topological polar surface area (TPSA) is 127 Å². The standard InChI is InChI=1S/C24H22N4O5S2/c1-17-5-3-15-25-23(17)27-34(29,30)21-11-7-19(8-12-21)33-20-9-13-22(14-10-20)35(31,32)28-24-18(2)6-4-16-26-24/h3-16H,1-2H3,(H,25,27)(H,26,28). The Morgan fingerprint density at radius 1 is 0.600 bits per heavy atom. The predicted octanol–water partition coefficient (Wildman–Crippen LogP) is 4.49. The monoisotopic (exact) mass is 510 g/mol. The molecule has 4 rings (SSSR count). The minimum Gasteiger partial charge on any atom is -0.457 e. The molecule has 0 fully saturated rings. The third kappa shape index (κ3) is 5.76. The lowest BCUT2D eigenvalue weighted by Crippen LogP contribution is -2.14. The van der Waals surface area contributed by atoms with Crippen LogP contribution in [0.5, 0.6) is 11.5 Å². The van der Waals surface area contributed by atoms with Crippen molar-refractivity contribution in [3.8, 4) is 11.5 Å². The maximum absolute atomic E-state index is 12.6. The van der Waals surface area contributed by atoms with Gasteiger partial charge in [0.1, 0.15) is 23.1 Å². The van der Waals surface area contributed by atoms with Crippen LogP contribution < -0.4 is 14.2 Å². The Balaban J connectivity index is 1.44. The van der Waals surface area contributed by atoms with E-state index in [1.807, 2.05) is 0 Å². The van der Waals surface area contributed by atoms with E-state index in [0.29, 0.717) is 22.6 Å². The lowest BCUT2D eigenvalue weighted by Gasteiger charge is -2.11. The number of benzene rings is 2. The summed E-state index contributed by atoms with van der Waals surface area (Å²) in [5, 5.41) is 0. The van der Waals surface area contributed by atoms with Crippen LogP contribution in [0.4, 0.5) is 11.6 Å². The molecule has 4 aromatic rings. The van der Waals surface area contributed by atoms with E-state index >= 15 is 0 Å².